The molecule has 0 bridgehead atoms. The smallest absolute Gasteiger partial charge is 0.336 e. The number of thioether (sulfide) groups is 1. The third-order valence-corrected chi connectivity index (χ3v) is 3.20. The monoisotopic (exact) mass is 243 g/mol. The van der Waals surface area contributed by atoms with E-state index in [2.05, 4.69) is 0 Å². The van der Waals surface area contributed by atoms with Gasteiger partial charge in [-0.05, 0) is 12.1 Å². The van der Waals surface area contributed by atoms with E-state index in [1.54, 1.807) is 12.1 Å². The molecule has 0 amide bonds. The Morgan fingerprint density at radius 2 is 2.19 bits per heavy atom. The first-order chi connectivity index (χ1) is 7.56. The van der Waals surface area contributed by atoms with Gasteiger partial charge in [0.05, 0.1) is 18.3 Å². The minimum Gasteiger partial charge on any atom is -0.478 e. The van der Waals surface area contributed by atoms with Crippen LogP contribution in [-0.2, 0) is 0 Å². The fourth-order valence-corrected chi connectivity index (χ4v) is 2.13. The summed E-state index contributed by atoms with van der Waals surface area (Å²) in [4.78, 5) is 11.3. The van der Waals surface area contributed by atoms with Gasteiger partial charge < -0.3 is 21.1 Å². The van der Waals surface area contributed by atoms with Gasteiger partial charge in [-0.15, -0.1) is 11.8 Å². The molecule has 1 atom stereocenters. The molecule has 0 saturated carbocycles. The van der Waals surface area contributed by atoms with Crippen molar-refractivity contribution in [1.29, 1.82) is 0 Å². The lowest BCUT2D eigenvalue weighted by atomic mass is 10.2. The number of aromatic carboxylic acids is 1. The molecule has 0 heterocycles. The predicted octanol–water partition coefficient (Wildman–Crippen LogP) is 0.412. The molecule has 0 aromatic heterocycles. The Balaban J connectivity index is 2.88. The van der Waals surface area contributed by atoms with Crippen molar-refractivity contribution in [2.75, 3.05) is 18.1 Å². The maximum absolute atomic E-state index is 10.9. The zero-order valence-electron chi connectivity index (χ0n) is 8.46. The summed E-state index contributed by atoms with van der Waals surface area (Å²) in [6, 6.07) is 4.61. The van der Waals surface area contributed by atoms with Crippen molar-refractivity contribution in [2.24, 2.45) is 0 Å². The van der Waals surface area contributed by atoms with Gasteiger partial charge in [-0.1, -0.05) is 6.07 Å². The Morgan fingerprint density at radius 1 is 1.50 bits per heavy atom. The zero-order valence-corrected chi connectivity index (χ0v) is 9.28. The van der Waals surface area contributed by atoms with E-state index in [4.69, 9.17) is 15.9 Å². The molecule has 6 heteroatoms. The predicted molar refractivity (Wildman–Crippen MR) is 61.6 cm³/mol. The lowest BCUT2D eigenvalue weighted by molar-refractivity contribution is 0.0693. The number of aliphatic hydroxyl groups is 2. The molecule has 0 saturated heterocycles. The Labute approximate surface area is 96.9 Å². The van der Waals surface area contributed by atoms with E-state index in [1.165, 1.54) is 6.07 Å². The van der Waals surface area contributed by atoms with Crippen molar-refractivity contribution in [1.82, 2.24) is 0 Å². The minimum atomic E-state index is -1.06. The quantitative estimate of drug-likeness (QED) is 0.441. The molecule has 1 unspecified atom stereocenters. The fraction of sp³-hybridized carbons (Fsp3) is 0.300. The Kier molecular flexibility index (Phi) is 4.60. The molecule has 0 radical (unpaired) electrons. The first-order valence-corrected chi connectivity index (χ1v) is 5.58. The second-order valence-corrected chi connectivity index (χ2v) is 4.21. The van der Waals surface area contributed by atoms with Gasteiger partial charge in [-0.2, -0.15) is 0 Å². The van der Waals surface area contributed by atoms with E-state index < -0.39 is 12.1 Å². The number of aliphatic hydroxyl groups excluding tert-OH is 2. The zero-order chi connectivity index (χ0) is 12.1. The maximum Gasteiger partial charge on any atom is 0.336 e. The van der Waals surface area contributed by atoms with Gasteiger partial charge in [0.15, 0.2) is 0 Å². The van der Waals surface area contributed by atoms with Crippen LogP contribution in [0.25, 0.3) is 0 Å². The molecule has 1 aromatic carbocycles. The molecule has 1 aromatic rings. The summed E-state index contributed by atoms with van der Waals surface area (Å²) in [6.07, 6.45) is -0.883. The average molecular weight is 243 g/mol. The normalized spacial score (nSPS) is 12.4. The van der Waals surface area contributed by atoms with Crippen LogP contribution in [0.4, 0.5) is 5.69 Å². The Morgan fingerprint density at radius 3 is 2.75 bits per heavy atom. The van der Waals surface area contributed by atoms with Crippen molar-refractivity contribution in [3.63, 3.8) is 0 Å². The first kappa shape index (κ1) is 12.8. The average Bonchev–Trinajstić information content (AvgIpc) is 2.26. The van der Waals surface area contributed by atoms with Crippen molar-refractivity contribution in [3.8, 4) is 0 Å². The van der Waals surface area contributed by atoms with E-state index in [-0.39, 0.29) is 17.9 Å². The van der Waals surface area contributed by atoms with Crippen LogP contribution in [-0.4, -0.2) is 39.8 Å². The van der Waals surface area contributed by atoms with E-state index in [9.17, 15) is 9.90 Å². The molecule has 0 fully saturated rings. The van der Waals surface area contributed by atoms with Gasteiger partial charge in [0.2, 0.25) is 0 Å². The molecular formula is C10H13NO4S. The minimum absolute atomic E-state index is 0.107. The van der Waals surface area contributed by atoms with Crippen LogP contribution in [0.1, 0.15) is 10.4 Å². The molecule has 0 aliphatic rings. The first-order valence-electron chi connectivity index (χ1n) is 4.59. The summed E-state index contributed by atoms with van der Waals surface area (Å²) < 4.78 is 0. The maximum atomic E-state index is 10.9. The number of rotatable bonds is 5. The standard InChI is InChI=1S/C10H13NO4S/c11-8-3-1-2-7(10(14)15)9(8)16-5-6(13)4-12/h1-3,6,12-13H,4-5,11H2,(H,14,15). The highest BCUT2D eigenvalue weighted by molar-refractivity contribution is 7.99. The van der Waals surface area contributed by atoms with E-state index >= 15 is 0 Å². The number of anilines is 1. The second-order valence-electron chi connectivity index (χ2n) is 3.18. The van der Waals surface area contributed by atoms with E-state index in [0.717, 1.165) is 11.8 Å². The molecule has 88 valence electrons. The lowest BCUT2D eigenvalue weighted by Crippen LogP contribution is -2.15. The second kappa shape index (κ2) is 5.74. The van der Waals surface area contributed by atoms with Gasteiger partial charge in [-0.3, -0.25) is 0 Å². The largest absolute Gasteiger partial charge is 0.478 e. The molecular weight excluding hydrogens is 230 g/mol. The summed E-state index contributed by atoms with van der Waals surface area (Å²) in [5, 5.41) is 26.8. The van der Waals surface area contributed by atoms with Gasteiger partial charge >= 0.3 is 5.97 Å². The van der Waals surface area contributed by atoms with E-state index in [1.807, 2.05) is 0 Å². The Bertz CT molecular complexity index is 383. The fourth-order valence-electron chi connectivity index (χ4n) is 1.12. The number of carbonyl (C=O) groups is 1. The molecule has 0 aliphatic heterocycles. The van der Waals surface area contributed by atoms with E-state index in [0.29, 0.717) is 10.6 Å². The van der Waals surface area contributed by atoms with Gasteiger partial charge in [-0.25, -0.2) is 4.79 Å². The van der Waals surface area contributed by atoms with Crippen LogP contribution in [0, 0.1) is 0 Å². The topological polar surface area (TPSA) is 104 Å². The van der Waals surface area contributed by atoms with Crippen LogP contribution >= 0.6 is 11.8 Å². The highest BCUT2D eigenvalue weighted by Crippen LogP contribution is 2.29. The van der Waals surface area contributed by atoms with Crippen molar-refractivity contribution in [3.05, 3.63) is 23.8 Å². The van der Waals surface area contributed by atoms with Crippen molar-refractivity contribution in [2.45, 2.75) is 11.0 Å². The summed E-state index contributed by atoms with van der Waals surface area (Å²) in [5.74, 6) is -0.862. The summed E-state index contributed by atoms with van der Waals surface area (Å²) >= 11 is 1.12. The summed E-state index contributed by atoms with van der Waals surface area (Å²) in [6.45, 7) is -0.359. The number of nitrogens with two attached hydrogens (primary N) is 1. The third kappa shape index (κ3) is 3.13. The number of carboxylic acids is 1. The van der Waals surface area contributed by atoms with Gasteiger partial charge in [0.25, 0.3) is 0 Å². The molecule has 5 nitrogen and oxygen atoms in total. The van der Waals surface area contributed by atoms with Crippen molar-refractivity contribution >= 4 is 23.4 Å². The number of carboxylic acid groups (broad SMARTS) is 1. The molecule has 1 rings (SSSR count). The highest BCUT2D eigenvalue weighted by atomic mass is 32.2. The molecule has 5 N–H and O–H groups in total. The van der Waals surface area contributed by atoms with Gasteiger partial charge in [0, 0.05) is 16.3 Å². The third-order valence-electron chi connectivity index (χ3n) is 1.91. The molecule has 0 aliphatic carbocycles. The molecule has 16 heavy (non-hydrogen) atoms. The number of benzene rings is 1. The summed E-state index contributed by atoms with van der Waals surface area (Å²) in [7, 11) is 0. The summed E-state index contributed by atoms with van der Waals surface area (Å²) in [5.41, 5.74) is 6.12. The van der Waals surface area contributed by atoms with Crippen LogP contribution < -0.4 is 5.73 Å². The number of hydrogen-bond acceptors (Lipinski definition) is 5. The number of nitrogen functional groups attached to an aromatic ring is 1. The van der Waals surface area contributed by atoms with Crippen LogP contribution in [0.15, 0.2) is 23.1 Å². The highest BCUT2D eigenvalue weighted by Gasteiger charge is 2.14. The molecule has 0 spiro atoms. The number of hydrogen-bond donors (Lipinski definition) is 4. The Hall–Kier alpha value is -1.24. The van der Waals surface area contributed by atoms with Crippen LogP contribution in [0.3, 0.4) is 0 Å². The SMILES string of the molecule is Nc1cccc(C(=O)O)c1SCC(O)CO. The lowest BCUT2D eigenvalue weighted by Gasteiger charge is -2.11. The van der Waals surface area contributed by atoms with Crippen molar-refractivity contribution < 1.29 is 20.1 Å². The van der Waals surface area contributed by atoms with Crippen LogP contribution in [0.2, 0.25) is 0 Å². The van der Waals surface area contributed by atoms with Crippen LogP contribution in [0.5, 0.6) is 0 Å². The van der Waals surface area contributed by atoms with Gasteiger partial charge in [0.1, 0.15) is 0 Å².